The van der Waals surface area contributed by atoms with Gasteiger partial charge >= 0.3 is 12.4 Å². The van der Waals surface area contributed by atoms with E-state index in [1.165, 1.54) is 0 Å². The largest absolute Gasteiger partial charge is 0.408 e. The van der Waals surface area contributed by atoms with E-state index in [-0.39, 0.29) is 18.4 Å². The number of nitrogens with one attached hydrogen (secondary N) is 2. The van der Waals surface area contributed by atoms with Crippen molar-refractivity contribution in [2.24, 2.45) is 0 Å². The molecule has 0 aliphatic heterocycles. The Labute approximate surface area is 148 Å². The SMILES string of the molecule is CC(Nc1nc(NCC(F)(F)F)nc(C2=C(F)C(O)CCC2)n1)C(F)(F)F. The van der Waals surface area contributed by atoms with Gasteiger partial charge in [-0.1, -0.05) is 0 Å². The van der Waals surface area contributed by atoms with Gasteiger partial charge in [-0.25, -0.2) is 4.39 Å². The maximum absolute atomic E-state index is 14.1. The lowest BCUT2D eigenvalue weighted by Gasteiger charge is -2.21. The van der Waals surface area contributed by atoms with Gasteiger partial charge in [0, 0.05) is 5.57 Å². The molecule has 1 heterocycles. The minimum atomic E-state index is -4.67. The van der Waals surface area contributed by atoms with Gasteiger partial charge in [0.15, 0.2) is 5.82 Å². The summed E-state index contributed by atoms with van der Waals surface area (Å²) in [6, 6.07) is -2.11. The van der Waals surface area contributed by atoms with Crippen molar-refractivity contribution in [3.8, 4) is 0 Å². The Morgan fingerprint density at radius 1 is 1.11 bits per heavy atom. The van der Waals surface area contributed by atoms with Crippen LogP contribution in [0, 0.1) is 0 Å². The van der Waals surface area contributed by atoms with Crippen LogP contribution >= 0.6 is 0 Å². The van der Waals surface area contributed by atoms with Crippen LogP contribution in [0.3, 0.4) is 0 Å². The van der Waals surface area contributed by atoms with Crippen LogP contribution in [0.5, 0.6) is 0 Å². The van der Waals surface area contributed by atoms with E-state index in [1.807, 2.05) is 10.6 Å². The number of rotatable bonds is 5. The predicted molar refractivity (Wildman–Crippen MR) is 81.4 cm³/mol. The summed E-state index contributed by atoms with van der Waals surface area (Å²) in [6.07, 6.45) is -10.2. The normalized spacial score (nSPS) is 19.8. The van der Waals surface area contributed by atoms with E-state index in [0.717, 1.165) is 6.92 Å². The fourth-order valence-electron chi connectivity index (χ4n) is 2.25. The highest BCUT2D eigenvalue weighted by molar-refractivity contribution is 5.65. The molecular formula is C14H16F7N5O. The maximum atomic E-state index is 14.1. The zero-order valence-electron chi connectivity index (χ0n) is 13.9. The molecule has 152 valence electrons. The summed E-state index contributed by atoms with van der Waals surface area (Å²) in [5.74, 6) is -2.75. The molecule has 0 spiro atoms. The highest BCUT2D eigenvalue weighted by Gasteiger charge is 2.37. The van der Waals surface area contributed by atoms with Gasteiger partial charge in [-0.2, -0.15) is 41.3 Å². The summed E-state index contributed by atoms with van der Waals surface area (Å²) in [7, 11) is 0. The fraction of sp³-hybridized carbons (Fsp3) is 0.643. The molecule has 0 amide bonds. The first-order chi connectivity index (χ1) is 12.4. The Hall–Kier alpha value is -2.18. The average molecular weight is 403 g/mol. The minimum Gasteiger partial charge on any atom is -0.386 e. The Bertz CT molecular complexity index is 704. The van der Waals surface area contributed by atoms with Gasteiger partial charge in [0.25, 0.3) is 0 Å². The van der Waals surface area contributed by atoms with E-state index >= 15 is 0 Å². The summed E-state index contributed by atoms with van der Waals surface area (Å²) >= 11 is 0. The molecule has 2 unspecified atom stereocenters. The second kappa shape index (κ2) is 7.82. The van der Waals surface area contributed by atoms with Crippen LogP contribution in [0.4, 0.5) is 42.6 Å². The van der Waals surface area contributed by atoms with Crippen LogP contribution in [0.25, 0.3) is 5.57 Å². The van der Waals surface area contributed by atoms with Gasteiger partial charge in [-0.15, -0.1) is 0 Å². The molecule has 2 atom stereocenters. The molecule has 1 aliphatic rings. The smallest absolute Gasteiger partial charge is 0.386 e. The van der Waals surface area contributed by atoms with Crippen molar-refractivity contribution in [3.05, 3.63) is 11.7 Å². The van der Waals surface area contributed by atoms with Crippen molar-refractivity contribution in [1.29, 1.82) is 0 Å². The van der Waals surface area contributed by atoms with Crippen molar-refractivity contribution in [1.82, 2.24) is 15.0 Å². The first-order valence-corrected chi connectivity index (χ1v) is 7.83. The Morgan fingerprint density at radius 3 is 2.33 bits per heavy atom. The summed E-state index contributed by atoms with van der Waals surface area (Å²) in [4.78, 5) is 10.8. The van der Waals surface area contributed by atoms with Crippen molar-refractivity contribution in [2.45, 2.75) is 50.7 Å². The Morgan fingerprint density at radius 2 is 1.74 bits per heavy atom. The van der Waals surface area contributed by atoms with Crippen molar-refractivity contribution in [2.75, 3.05) is 17.2 Å². The van der Waals surface area contributed by atoms with Crippen LogP contribution in [-0.4, -0.2) is 51.1 Å². The summed E-state index contributed by atoms with van der Waals surface area (Å²) < 4.78 is 89.4. The maximum Gasteiger partial charge on any atom is 0.408 e. The molecule has 0 saturated carbocycles. The lowest BCUT2D eigenvalue weighted by atomic mass is 9.96. The highest BCUT2D eigenvalue weighted by atomic mass is 19.4. The number of anilines is 2. The lowest BCUT2D eigenvalue weighted by Crippen LogP contribution is -2.34. The zero-order chi connectivity index (χ0) is 20.4. The quantitative estimate of drug-likeness (QED) is 0.654. The number of allylic oxidation sites excluding steroid dienone is 1. The van der Waals surface area contributed by atoms with Crippen LogP contribution in [-0.2, 0) is 0 Å². The van der Waals surface area contributed by atoms with Crippen molar-refractivity contribution >= 4 is 17.5 Å². The number of nitrogens with zero attached hydrogens (tertiary/aromatic N) is 3. The molecule has 27 heavy (non-hydrogen) atoms. The van der Waals surface area contributed by atoms with Crippen LogP contribution in [0.15, 0.2) is 5.83 Å². The molecule has 0 bridgehead atoms. The molecule has 1 aliphatic carbocycles. The second-order valence-corrected chi connectivity index (χ2v) is 5.92. The Kier molecular flexibility index (Phi) is 6.12. The molecule has 1 aromatic rings. The Balaban J connectivity index is 2.40. The summed E-state index contributed by atoms with van der Waals surface area (Å²) in [5.41, 5.74) is -0.186. The van der Waals surface area contributed by atoms with Gasteiger partial charge in [-0.3, -0.25) is 0 Å². The molecule has 2 rings (SSSR count). The van der Waals surface area contributed by atoms with Crippen LogP contribution in [0.1, 0.15) is 32.0 Å². The number of alkyl halides is 6. The number of aliphatic hydroxyl groups is 1. The summed E-state index contributed by atoms with van der Waals surface area (Å²) in [5, 5.41) is 13.3. The zero-order valence-corrected chi connectivity index (χ0v) is 13.9. The van der Waals surface area contributed by atoms with Crippen LogP contribution < -0.4 is 10.6 Å². The topological polar surface area (TPSA) is 83.0 Å². The van der Waals surface area contributed by atoms with Crippen molar-refractivity contribution in [3.63, 3.8) is 0 Å². The van der Waals surface area contributed by atoms with Gasteiger partial charge in [0.2, 0.25) is 11.9 Å². The molecule has 0 radical (unpaired) electrons. The fourth-order valence-corrected chi connectivity index (χ4v) is 2.25. The van der Waals surface area contributed by atoms with Crippen LogP contribution in [0.2, 0.25) is 0 Å². The number of hydrogen-bond donors (Lipinski definition) is 3. The number of hydrogen-bond acceptors (Lipinski definition) is 6. The van der Waals surface area contributed by atoms with E-state index in [0.29, 0.717) is 6.42 Å². The number of aliphatic hydroxyl groups excluding tert-OH is 1. The van der Waals surface area contributed by atoms with E-state index < -0.39 is 54.6 Å². The first kappa shape index (κ1) is 21.1. The predicted octanol–water partition coefficient (Wildman–Crippen LogP) is 3.43. The molecule has 0 fully saturated rings. The van der Waals surface area contributed by atoms with Gasteiger partial charge < -0.3 is 15.7 Å². The van der Waals surface area contributed by atoms with Gasteiger partial charge in [0.1, 0.15) is 24.5 Å². The van der Waals surface area contributed by atoms with E-state index in [9.17, 15) is 35.8 Å². The molecule has 0 aromatic carbocycles. The molecule has 13 heteroatoms. The number of aromatic nitrogens is 3. The second-order valence-electron chi connectivity index (χ2n) is 5.92. The highest BCUT2D eigenvalue weighted by Crippen LogP contribution is 2.32. The van der Waals surface area contributed by atoms with Gasteiger partial charge in [-0.05, 0) is 26.2 Å². The minimum absolute atomic E-state index is 0.0693. The standard InChI is InChI=1S/C14H16F7N5O/c1-6(14(19,20)21)23-12-25-10(7-3-2-4-8(27)9(7)15)24-11(26-12)22-5-13(16,17)18/h6,8,27H,2-5H2,1H3,(H2,22,23,24,25,26). The first-order valence-electron chi connectivity index (χ1n) is 7.83. The van der Waals surface area contributed by atoms with E-state index in [2.05, 4.69) is 15.0 Å². The monoisotopic (exact) mass is 403 g/mol. The lowest BCUT2D eigenvalue weighted by molar-refractivity contribution is -0.138. The molecule has 0 saturated heterocycles. The molecular weight excluding hydrogens is 387 g/mol. The third-order valence-corrected chi connectivity index (χ3v) is 3.67. The van der Waals surface area contributed by atoms with Crippen molar-refractivity contribution < 1.29 is 35.8 Å². The molecule has 3 N–H and O–H groups in total. The van der Waals surface area contributed by atoms with Gasteiger partial charge in [0.05, 0.1) is 0 Å². The third kappa shape index (κ3) is 5.91. The molecule has 1 aromatic heterocycles. The average Bonchev–Trinajstić information content (AvgIpc) is 2.54. The summed E-state index contributed by atoms with van der Waals surface area (Å²) in [6.45, 7) is -0.786. The number of halogens is 7. The van der Waals surface area contributed by atoms with E-state index in [1.54, 1.807) is 0 Å². The third-order valence-electron chi connectivity index (χ3n) is 3.67. The molecule has 6 nitrogen and oxygen atoms in total. The van der Waals surface area contributed by atoms with E-state index in [4.69, 9.17) is 0 Å².